The maximum absolute atomic E-state index is 9.42. The second kappa shape index (κ2) is 7.46. The van der Waals surface area contributed by atoms with Gasteiger partial charge in [-0.1, -0.05) is 27.7 Å². The van der Waals surface area contributed by atoms with Gasteiger partial charge in [0.25, 0.3) is 0 Å². The minimum Gasteiger partial charge on any atom is -0.396 e. The standard InChI is InChI=1S/C15H32N2O/c1-5-15(4,12-18)11-16-10-14(13(2)3)17-8-6-7-9-17/h13-14,16,18H,5-12H2,1-4H3. The Morgan fingerprint density at radius 3 is 2.33 bits per heavy atom. The lowest BCUT2D eigenvalue weighted by Crippen LogP contribution is -2.46. The van der Waals surface area contributed by atoms with Gasteiger partial charge in [-0.2, -0.15) is 0 Å². The van der Waals surface area contributed by atoms with Crippen molar-refractivity contribution < 1.29 is 5.11 Å². The van der Waals surface area contributed by atoms with Gasteiger partial charge in [-0.25, -0.2) is 0 Å². The Bertz CT molecular complexity index is 221. The predicted octanol–water partition coefficient (Wildman–Crippen LogP) is 2.10. The van der Waals surface area contributed by atoms with Gasteiger partial charge in [0.1, 0.15) is 0 Å². The van der Waals surface area contributed by atoms with Crippen molar-refractivity contribution in [2.75, 3.05) is 32.8 Å². The molecule has 1 rings (SSSR count). The molecule has 3 heteroatoms. The molecule has 0 saturated carbocycles. The lowest BCUT2D eigenvalue weighted by molar-refractivity contribution is 0.126. The number of hydrogen-bond acceptors (Lipinski definition) is 3. The number of hydrogen-bond donors (Lipinski definition) is 2. The monoisotopic (exact) mass is 256 g/mol. The zero-order chi connectivity index (χ0) is 13.6. The summed E-state index contributed by atoms with van der Waals surface area (Å²) in [5, 5.41) is 13.0. The van der Waals surface area contributed by atoms with E-state index < -0.39 is 0 Å². The van der Waals surface area contributed by atoms with E-state index >= 15 is 0 Å². The van der Waals surface area contributed by atoms with Gasteiger partial charge >= 0.3 is 0 Å². The van der Waals surface area contributed by atoms with Crippen molar-refractivity contribution in [3.05, 3.63) is 0 Å². The van der Waals surface area contributed by atoms with E-state index in [0.717, 1.165) is 19.5 Å². The van der Waals surface area contributed by atoms with E-state index in [9.17, 15) is 5.11 Å². The smallest absolute Gasteiger partial charge is 0.0496 e. The molecule has 0 aromatic carbocycles. The Labute approximate surface area is 113 Å². The fraction of sp³-hybridized carbons (Fsp3) is 1.00. The Balaban J connectivity index is 2.38. The van der Waals surface area contributed by atoms with Crippen LogP contribution in [-0.4, -0.2) is 48.8 Å². The third kappa shape index (κ3) is 4.52. The number of nitrogens with zero attached hydrogens (tertiary/aromatic N) is 1. The fourth-order valence-corrected chi connectivity index (χ4v) is 2.67. The van der Waals surface area contributed by atoms with Crippen LogP contribution >= 0.6 is 0 Å². The van der Waals surface area contributed by atoms with Crippen molar-refractivity contribution in [2.45, 2.75) is 53.0 Å². The molecular weight excluding hydrogens is 224 g/mol. The first-order chi connectivity index (χ1) is 8.52. The first kappa shape index (κ1) is 15.9. The van der Waals surface area contributed by atoms with Crippen molar-refractivity contribution in [3.8, 4) is 0 Å². The molecule has 108 valence electrons. The minimum absolute atomic E-state index is 0.0343. The summed E-state index contributed by atoms with van der Waals surface area (Å²) in [6.45, 7) is 13.7. The second-order valence-corrected chi connectivity index (χ2v) is 6.51. The molecule has 3 nitrogen and oxygen atoms in total. The minimum atomic E-state index is 0.0343. The summed E-state index contributed by atoms with van der Waals surface area (Å²) in [4.78, 5) is 2.62. The molecule has 0 bridgehead atoms. The molecule has 1 fully saturated rings. The van der Waals surface area contributed by atoms with Crippen molar-refractivity contribution in [1.29, 1.82) is 0 Å². The molecule has 1 aliphatic rings. The molecule has 2 atom stereocenters. The summed E-state index contributed by atoms with van der Waals surface area (Å²) in [5.74, 6) is 0.692. The third-order valence-electron chi connectivity index (χ3n) is 4.52. The summed E-state index contributed by atoms with van der Waals surface area (Å²) >= 11 is 0. The second-order valence-electron chi connectivity index (χ2n) is 6.51. The summed E-state index contributed by atoms with van der Waals surface area (Å²) in [6, 6.07) is 0.646. The molecule has 0 amide bonds. The van der Waals surface area contributed by atoms with E-state index in [0.29, 0.717) is 12.0 Å². The Hall–Kier alpha value is -0.120. The number of rotatable bonds is 8. The molecule has 1 saturated heterocycles. The number of likely N-dealkylation sites (tertiary alicyclic amines) is 1. The van der Waals surface area contributed by atoms with Crippen LogP contribution in [-0.2, 0) is 0 Å². The zero-order valence-corrected chi connectivity index (χ0v) is 12.7. The Morgan fingerprint density at radius 2 is 1.89 bits per heavy atom. The van der Waals surface area contributed by atoms with Crippen LogP contribution in [0.3, 0.4) is 0 Å². The van der Waals surface area contributed by atoms with E-state index in [1.807, 2.05) is 0 Å². The summed E-state index contributed by atoms with van der Waals surface area (Å²) in [7, 11) is 0. The highest BCUT2D eigenvalue weighted by Gasteiger charge is 2.26. The van der Waals surface area contributed by atoms with E-state index in [1.54, 1.807) is 0 Å². The van der Waals surface area contributed by atoms with Gasteiger partial charge in [0.2, 0.25) is 0 Å². The largest absolute Gasteiger partial charge is 0.396 e. The van der Waals surface area contributed by atoms with E-state index in [1.165, 1.54) is 25.9 Å². The SMILES string of the molecule is CCC(C)(CO)CNCC(C(C)C)N1CCCC1. The molecular formula is C15H32N2O. The van der Waals surface area contributed by atoms with Gasteiger partial charge < -0.3 is 10.4 Å². The van der Waals surface area contributed by atoms with Crippen LogP contribution in [0.4, 0.5) is 0 Å². The Kier molecular flexibility index (Phi) is 6.61. The number of aliphatic hydroxyl groups excluding tert-OH is 1. The zero-order valence-electron chi connectivity index (χ0n) is 12.7. The van der Waals surface area contributed by atoms with Crippen LogP contribution in [0.5, 0.6) is 0 Å². The normalized spacial score (nSPS) is 22.3. The van der Waals surface area contributed by atoms with Crippen LogP contribution < -0.4 is 5.32 Å². The lowest BCUT2D eigenvalue weighted by atomic mass is 9.88. The first-order valence-electron chi connectivity index (χ1n) is 7.58. The molecule has 2 N–H and O–H groups in total. The topological polar surface area (TPSA) is 35.5 Å². The first-order valence-corrected chi connectivity index (χ1v) is 7.58. The lowest BCUT2D eigenvalue weighted by Gasteiger charge is -2.33. The summed E-state index contributed by atoms with van der Waals surface area (Å²) in [6.07, 6.45) is 3.73. The summed E-state index contributed by atoms with van der Waals surface area (Å²) < 4.78 is 0. The van der Waals surface area contributed by atoms with Crippen molar-refractivity contribution in [2.24, 2.45) is 11.3 Å². The average molecular weight is 256 g/mol. The fourth-order valence-electron chi connectivity index (χ4n) is 2.67. The average Bonchev–Trinajstić information content (AvgIpc) is 2.87. The maximum Gasteiger partial charge on any atom is 0.0496 e. The summed E-state index contributed by atoms with van der Waals surface area (Å²) in [5.41, 5.74) is 0.0343. The van der Waals surface area contributed by atoms with Crippen LogP contribution in [0.15, 0.2) is 0 Å². The third-order valence-corrected chi connectivity index (χ3v) is 4.52. The van der Waals surface area contributed by atoms with Crippen molar-refractivity contribution >= 4 is 0 Å². The molecule has 0 radical (unpaired) electrons. The molecule has 1 heterocycles. The highest BCUT2D eigenvalue weighted by Crippen LogP contribution is 2.20. The van der Waals surface area contributed by atoms with E-state index in [4.69, 9.17) is 0 Å². The molecule has 2 unspecified atom stereocenters. The molecule has 0 aromatic rings. The van der Waals surface area contributed by atoms with Crippen LogP contribution in [0.1, 0.15) is 47.0 Å². The van der Waals surface area contributed by atoms with Gasteiger partial charge in [0.05, 0.1) is 0 Å². The van der Waals surface area contributed by atoms with Crippen molar-refractivity contribution in [1.82, 2.24) is 10.2 Å². The van der Waals surface area contributed by atoms with E-state index in [-0.39, 0.29) is 12.0 Å². The van der Waals surface area contributed by atoms with Crippen LogP contribution in [0.2, 0.25) is 0 Å². The van der Waals surface area contributed by atoms with Gasteiger partial charge in [-0.3, -0.25) is 4.90 Å². The molecule has 0 aliphatic carbocycles. The highest BCUT2D eigenvalue weighted by molar-refractivity contribution is 4.82. The van der Waals surface area contributed by atoms with Gasteiger partial charge in [-0.05, 0) is 38.3 Å². The molecule has 1 aliphatic heterocycles. The quantitative estimate of drug-likeness (QED) is 0.698. The van der Waals surface area contributed by atoms with Gasteiger partial charge in [0.15, 0.2) is 0 Å². The van der Waals surface area contributed by atoms with Gasteiger partial charge in [-0.15, -0.1) is 0 Å². The Morgan fingerprint density at radius 1 is 1.28 bits per heavy atom. The molecule has 0 aromatic heterocycles. The van der Waals surface area contributed by atoms with Crippen LogP contribution in [0, 0.1) is 11.3 Å². The maximum atomic E-state index is 9.42. The van der Waals surface area contributed by atoms with Crippen molar-refractivity contribution in [3.63, 3.8) is 0 Å². The van der Waals surface area contributed by atoms with Crippen LogP contribution in [0.25, 0.3) is 0 Å². The van der Waals surface area contributed by atoms with Gasteiger partial charge in [0, 0.05) is 31.2 Å². The molecule has 18 heavy (non-hydrogen) atoms. The molecule has 0 spiro atoms. The number of nitrogens with one attached hydrogen (secondary N) is 1. The highest BCUT2D eigenvalue weighted by atomic mass is 16.3. The number of aliphatic hydroxyl groups is 1. The predicted molar refractivity (Wildman–Crippen MR) is 77.8 cm³/mol. The van der Waals surface area contributed by atoms with E-state index in [2.05, 4.69) is 37.9 Å².